The maximum atomic E-state index is 12.8. The molecule has 0 N–H and O–H groups in total. The van der Waals surface area contributed by atoms with Crippen molar-refractivity contribution in [1.82, 2.24) is 0 Å². The quantitative estimate of drug-likeness (QED) is 0.0653. The summed E-state index contributed by atoms with van der Waals surface area (Å²) in [5.41, 5.74) is 1.28. The van der Waals surface area contributed by atoms with E-state index in [2.05, 4.69) is 47.2 Å². The van der Waals surface area contributed by atoms with Gasteiger partial charge in [0.05, 0.1) is 5.56 Å². The Morgan fingerprint density at radius 1 is 0.868 bits per heavy atom. The van der Waals surface area contributed by atoms with Crippen LogP contribution in [0.1, 0.15) is 99.9 Å². The molecule has 0 spiro atoms. The third-order valence-corrected chi connectivity index (χ3v) is 6.93. The number of ether oxygens (including phenoxy) is 2. The Morgan fingerprint density at radius 2 is 1.53 bits per heavy atom. The van der Waals surface area contributed by atoms with E-state index in [4.69, 9.17) is 9.47 Å². The SMILES string of the molecule is CCCCC/C=C\C=C\CCCCCCCCC(=O)Oc1ccc2c(c1)C(=O)/C(=C/c1ccc(Br)cc1)O2. The second-order valence-electron chi connectivity index (χ2n) is 9.64. The van der Waals surface area contributed by atoms with E-state index >= 15 is 0 Å². The zero-order valence-electron chi connectivity index (χ0n) is 22.4. The number of hydrogen-bond donors (Lipinski definition) is 0. The fourth-order valence-corrected chi connectivity index (χ4v) is 4.49. The Hall–Kier alpha value is -2.92. The monoisotopic (exact) mass is 578 g/mol. The number of benzene rings is 2. The van der Waals surface area contributed by atoms with E-state index in [0.29, 0.717) is 23.5 Å². The summed E-state index contributed by atoms with van der Waals surface area (Å²) in [6.45, 7) is 2.23. The molecule has 0 aliphatic carbocycles. The standard InChI is InChI=1S/C33H39BrO4/c1-2-3-4-5-6-7-8-9-10-11-12-13-14-15-16-17-32(35)37-28-22-23-30-29(25-28)33(36)31(38-30)24-26-18-20-27(34)21-19-26/h6-9,18-25H,2-5,10-17H2,1H3/b7-6-,9-8+,31-24-. The number of hydrogen-bond acceptors (Lipinski definition) is 4. The summed E-state index contributed by atoms with van der Waals surface area (Å²) in [5.74, 6) is 0.633. The molecule has 0 fully saturated rings. The van der Waals surface area contributed by atoms with E-state index < -0.39 is 0 Å². The number of carbonyl (C=O) groups excluding carboxylic acids is 2. The predicted octanol–water partition coefficient (Wildman–Crippen LogP) is 9.78. The predicted molar refractivity (Wildman–Crippen MR) is 159 cm³/mol. The van der Waals surface area contributed by atoms with E-state index in [0.717, 1.165) is 35.7 Å². The zero-order chi connectivity index (χ0) is 27.0. The topological polar surface area (TPSA) is 52.6 Å². The lowest BCUT2D eigenvalue weighted by Crippen LogP contribution is -2.07. The minimum atomic E-state index is -0.269. The molecule has 0 radical (unpaired) electrons. The Morgan fingerprint density at radius 3 is 2.24 bits per heavy atom. The highest BCUT2D eigenvalue weighted by Gasteiger charge is 2.28. The average molecular weight is 580 g/mol. The molecular weight excluding hydrogens is 540 g/mol. The smallest absolute Gasteiger partial charge is 0.311 e. The number of ketones is 1. The molecule has 0 saturated heterocycles. The summed E-state index contributed by atoms with van der Waals surface area (Å²) in [5, 5.41) is 0. The Labute approximate surface area is 235 Å². The third-order valence-electron chi connectivity index (χ3n) is 6.40. The van der Waals surface area contributed by atoms with Crippen LogP contribution >= 0.6 is 15.9 Å². The fraction of sp³-hybridized carbons (Fsp3) is 0.394. The molecule has 3 rings (SSSR count). The van der Waals surface area contributed by atoms with Gasteiger partial charge in [0.1, 0.15) is 11.5 Å². The molecular formula is C33H39BrO4. The molecule has 1 aliphatic rings. The minimum Gasteiger partial charge on any atom is -0.452 e. The maximum Gasteiger partial charge on any atom is 0.311 e. The van der Waals surface area contributed by atoms with Crippen molar-refractivity contribution in [2.45, 2.75) is 84.0 Å². The van der Waals surface area contributed by atoms with Crippen molar-refractivity contribution in [2.24, 2.45) is 0 Å². The number of rotatable bonds is 16. The van der Waals surface area contributed by atoms with Crippen LogP contribution < -0.4 is 9.47 Å². The van der Waals surface area contributed by atoms with Crippen LogP contribution in [0.25, 0.3) is 6.08 Å². The molecule has 38 heavy (non-hydrogen) atoms. The number of allylic oxidation sites excluding steroid dienone is 5. The van der Waals surface area contributed by atoms with Crippen LogP contribution in [0.4, 0.5) is 0 Å². The van der Waals surface area contributed by atoms with Crippen molar-refractivity contribution < 1.29 is 19.1 Å². The highest BCUT2D eigenvalue weighted by molar-refractivity contribution is 9.10. The van der Waals surface area contributed by atoms with Crippen LogP contribution in [0.3, 0.4) is 0 Å². The summed E-state index contributed by atoms with van der Waals surface area (Å²) >= 11 is 3.40. The average Bonchev–Trinajstić information content (AvgIpc) is 3.22. The van der Waals surface area contributed by atoms with Gasteiger partial charge in [-0.05, 0) is 74.1 Å². The number of esters is 1. The van der Waals surface area contributed by atoms with Crippen molar-refractivity contribution in [2.75, 3.05) is 0 Å². The van der Waals surface area contributed by atoms with E-state index in [1.165, 1.54) is 44.9 Å². The number of Topliss-reactive ketones (excluding diaryl/α,β-unsaturated/α-hetero) is 1. The lowest BCUT2D eigenvalue weighted by Gasteiger charge is -2.05. The Bertz CT molecular complexity index is 1130. The lowest BCUT2D eigenvalue weighted by molar-refractivity contribution is -0.134. The van der Waals surface area contributed by atoms with Gasteiger partial charge in [-0.3, -0.25) is 9.59 Å². The third kappa shape index (κ3) is 10.4. The van der Waals surface area contributed by atoms with Gasteiger partial charge in [-0.15, -0.1) is 0 Å². The first-order chi connectivity index (χ1) is 18.6. The van der Waals surface area contributed by atoms with E-state index in [-0.39, 0.29) is 17.5 Å². The van der Waals surface area contributed by atoms with Crippen LogP contribution in [0, 0.1) is 0 Å². The molecule has 1 heterocycles. The van der Waals surface area contributed by atoms with Gasteiger partial charge in [-0.25, -0.2) is 0 Å². The van der Waals surface area contributed by atoms with Crippen LogP contribution in [-0.4, -0.2) is 11.8 Å². The van der Waals surface area contributed by atoms with Crippen molar-refractivity contribution in [3.8, 4) is 11.5 Å². The van der Waals surface area contributed by atoms with Crippen LogP contribution in [0.5, 0.6) is 11.5 Å². The molecule has 0 aromatic heterocycles. The molecule has 0 amide bonds. The van der Waals surface area contributed by atoms with Gasteiger partial charge in [0.25, 0.3) is 0 Å². The summed E-state index contributed by atoms with van der Waals surface area (Å²) < 4.78 is 12.2. The van der Waals surface area contributed by atoms with E-state index in [1.807, 2.05) is 24.3 Å². The first-order valence-corrected chi connectivity index (χ1v) is 14.7. The number of unbranched alkanes of at least 4 members (excludes halogenated alkanes) is 9. The van der Waals surface area contributed by atoms with Gasteiger partial charge in [-0.2, -0.15) is 0 Å². The van der Waals surface area contributed by atoms with Gasteiger partial charge < -0.3 is 9.47 Å². The molecule has 2 aromatic carbocycles. The summed E-state index contributed by atoms with van der Waals surface area (Å²) in [4.78, 5) is 25.1. The van der Waals surface area contributed by atoms with Crippen LogP contribution in [-0.2, 0) is 4.79 Å². The van der Waals surface area contributed by atoms with Crippen molar-refractivity contribution >= 4 is 33.8 Å². The molecule has 202 valence electrons. The number of halogens is 1. The summed E-state index contributed by atoms with van der Waals surface area (Å²) in [6.07, 6.45) is 23.7. The Balaban J connectivity index is 1.29. The van der Waals surface area contributed by atoms with Crippen molar-refractivity contribution in [1.29, 1.82) is 0 Å². The molecule has 4 nitrogen and oxygen atoms in total. The Kier molecular flexibility index (Phi) is 13.1. The summed E-state index contributed by atoms with van der Waals surface area (Å²) in [6, 6.07) is 12.6. The van der Waals surface area contributed by atoms with Crippen LogP contribution in [0.15, 0.2) is 77.0 Å². The lowest BCUT2D eigenvalue weighted by atomic mass is 10.1. The number of fused-ring (bicyclic) bond motifs is 1. The van der Waals surface area contributed by atoms with Crippen LogP contribution in [0.2, 0.25) is 0 Å². The second kappa shape index (κ2) is 16.8. The molecule has 0 unspecified atom stereocenters. The molecule has 0 bridgehead atoms. The molecule has 0 atom stereocenters. The number of carbonyl (C=O) groups is 2. The first-order valence-electron chi connectivity index (χ1n) is 13.9. The molecule has 1 aliphatic heterocycles. The van der Waals surface area contributed by atoms with Gasteiger partial charge in [-0.1, -0.05) is 97.8 Å². The van der Waals surface area contributed by atoms with Gasteiger partial charge in [0.2, 0.25) is 5.78 Å². The molecule has 2 aromatic rings. The second-order valence-corrected chi connectivity index (χ2v) is 10.6. The first kappa shape index (κ1) is 29.6. The molecule has 0 saturated carbocycles. The van der Waals surface area contributed by atoms with Gasteiger partial charge in [0, 0.05) is 10.9 Å². The zero-order valence-corrected chi connectivity index (χ0v) is 24.0. The highest BCUT2D eigenvalue weighted by Crippen LogP contribution is 2.34. The van der Waals surface area contributed by atoms with E-state index in [1.54, 1.807) is 24.3 Å². The van der Waals surface area contributed by atoms with E-state index in [9.17, 15) is 9.59 Å². The maximum absolute atomic E-state index is 12.8. The normalized spacial score (nSPS) is 13.9. The largest absolute Gasteiger partial charge is 0.452 e. The fourth-order valence-electron chi connectivity index (χ4n) is 4.22. The highest BCUT2D eigenvalue weighted by atomic mass is 79.9. The summed E-state index contributed by atoms with van der Waals surface area (Å²) in [7, 11) is 0. The van der Waals surface area contributed by atoms with Gasteiger partial charge in [0.15, 0.2) is 5.76 Å². The van der Waals surface area contributed by atoms with Gasteiger partial charge >= 0.3 is 5.97 Å². The molecule has 5 heteroatoms. The van der Waals surface area contributed by atoms with Crippen molar-refractivity contribution in [3.63, 3.8) is 0 Å². The van der Waals surface area contributed by atoms with Crippen molar-refractivity contribution in [3.05, 3.63) is 88.1 Å². The minimum absolute atomic E-state index is 0.213.